The average Bonchev–Trinajstić information content (AvgIpc) is 3.13. The summed E-state index contributed by atoms with van der Waals surface area (Å²) in [6, 6.07) is 8.25. The van der Waals surface area contributed by atoms with Crippen LogP contribution in [-0.2, 0) is 4.79 Å². The number of anilines is 2. The lowest BCUT2D eigenvalue weighted by molar-refractivity contribution is -0.121. The highest BCUT2D eigenvalue weighted by atomic mass is 16.1. The lowest BCUT2D eigenvalue weighted by Gasteiger charge is -2.22. The SMILES string of the molecule is CCN(CC)c1ccc(NC(=O)[C@@H]2C[C@@H]3CC[C@H]2C3)cc1. The Morgan fingerprint density at radius 2 is 1.86 bits per heavy atom. The fourth-order valence-electron chi connectivity index (χ4n) is 4.15. The molecule has 2 aliphatic rings. The topological polar surface area (TPSA) is 32.3 Å². The van der Waals surface area contributed by atoms with Crippen molar-refractivity contribution in [2.45, 2.75) is 39.5 Å². The van der Waals surface area contributed by atoms with Crippen LogP contribution in [0.3, 0.4) is 0 Å². The molecule has 2 saturated carbocycles. The molecule has 0 radical (unpaired) electrons. The van der Waals surface area contributed by atoms with Crippen LogP contribution in [0, 0.1) is 17.8 Å². The Hall–Kier alpha value is -1.51. The molecule has 114 valence electrons. The van der Waals surface area contributed by atoms with E-state index in [0.29, 0.717) is 5.92 Å². The summed E-state index contributed by atoms with van der Waals surface area (Å²) in [7, 11) is 0. The maximum absolute atomic E-state index is 12.4. The first-order valence-corrected chi connectivity index (χ1v) is 8.37. The van der Waals surface area contributed by atoms with E-state index in [1.165, 1.54) is 24.9 Å². The molecule has 21 heavy (non-hydrogen) atoms. The van der Waals surface area contributed by atoms with Gasteiger partial charge < -0.3 is 10.2 Å². The van der Waals surface area contributed by atoms with Crippen molar-refractivity contribution in [3.05, 3.63) is 24.3 Å². The summed E-state index contributed by atoms with van der Waals surface area (Å²) in [6.07, 6.45) is 4.98. The minimum Gasteiger partial charge on any atom is -0.372 e. The third-order valence-electron chi connectivity index (χ3n) is 5.34. The van der Waals surface area contributed by atoms with Gasteiger partial charge in [0.05, 0.1) is 0 Å². The second-order valence-electron chi connectivity index (χ2n) is 6.49. The van der Waals surface area contributed by atoms with Crippen molar-refractivity contribution < 1.29 is 4.79 Å². The fraction of sp³-hybridized carbons (Fsp3) is 0.611. The number of hydrogen-bond donors (Lipinski definition) is 1. The van der Waals surface area contributed by atoms with Crippen LogP contribution in [0.5, 0.6) is 0 Å². The highest BCUT2D eigenvalue weighted by Gasteiger charge is 2.42. The van der Waals surface area contributed by atoms with E-state index >= 15 is 0 Å². The van der Waals surface area contributed by atoms with Crippen LogP contribution in [0.1, 0.15) is 39.5 Å². The van der Waals surface area contributed by atoms with Gasteiger partial charge in [-0.2, -0.15) is 0 Å². The Bertz CT molecular complexity index is 492. The molecule has 0 saturated heterocycles. The summed E-state index contributed by atoms with van der Waals surface area (Å²) in [4.78, 5) is 14.7. The maximum atomic E-state index is 12.4. The smallest absolute Gasteiger partial charge is 0.227 e. The maximum Gasteiger partial charge on any atom is 0.227 e. The number of amides is 1. The van der Waals surface area contributed by atoms with Gasteiger partial charge in [-0.1, -0.05) is 6.42 Å². The van der Waals surface area contributed by atoms with E-state index in [9.17, 15) is 4.79 Å². The van der Waals surface area contributed by atoms with Crippen LogP contribution in [0.15, 0.2) is 24.3 Å². The van der Waals surface area contributed by atoms with Gasteiger partial charge in [-0.25, -0.2) is 0 Å². The Morgan fingerprint density at radius 1 is 1.14 bits per heavy atom. The molecule has 3 rings (SSSR count). The molecule has 2 aliphatic carbocycles. The van der Waals surface area contributed by atoms with Gasteiger partial charge in [-0.15, -0.1) is 0 Å². The molecule has 0 aliphatic heterocycles. The van der Waals surface area contributed by atoms with Gasteiger partial charge in [0, 0.05) is 30.4 Å². The third kappa shape index (κ3) is 2.92. The van der Waals surface area contributed by atoms with Crippen molar-refractivity contribution in [3.8, 4) is 0 Å². The quantitative estimate of drug-likeness (QED) is 0.890. The Labute approximate surface area is 127 Å². The summed E-state index contributed by atoms with van der Waals surface area (Å²) in [5, 5.41) is 3.11. The predicted octanol–water partition coefficient (Wildman–Crippen LogP) is 3.91. The van der Waals surface area contributed by atoms with Crippen molar-refractivity contribution >= 4 is 17.3 Å². The number of carbonyl (C=O) groups excluding carboxylic acids is 1. The van der Waals surface area contributed by atoms with Gasteiger partial charge in [0.15, 0.2) is 0 Å². The normalized spacial score (nSPS) is 26.9. The van der Waals surface area contributed by atoms with Crippen molar-refractivity contribution in [1.82, 2.24) is 0 Å². The fourth-order valence-corrected chi connectivity index (χ4v) is 4.15. The minimum atomic E-state index is 0.234. The Kier molecular flexibility index (Phi) is 4.18. The number of fused-ring (bicyclic) bond motifs is 2. The molecule has 3 atom stereocenters. The predicted molar refractivity (Wildman–Crippen MR) is 87.6 cm³/mol. The zero-order valence-electron chi connectivity index (χ0n) is 13.1. The van der Waals surface area contributed by atoms with Crippen molar-refractivity contribution in [2.75, 3.05) is 23.3 Å². The first-order valence-electron chi connectivity index (χ1n) is 8.37. The average molecular weight is 286 g/mol. The summed E-state index contributed by atoms with van der Waals surface area (Å²) >= 11 is 0. The number of carbonyl (C=O) groups is 1. The monoisotopic (exact) mass is 286 g/mol. The van der Waals surface area contributed by atoms with Gasteiger partial charge in [-0.3, -0.25) is 4.79 Å². The van der Waals surface area contributed by atoms with Crippen LogP contribution in [0.4, 0.5) is 11.4 Å². The van der Waals surface area contributed by atoms with E-state index in [-0.39, 0.29) is 11.8 Å². The molecule has 1 amide bonds. The Balaban J connectivity index is 1.61. The van der Waals surface area contributed by atoms with E-state index in [1.807, 2.05) is 12.1 Å². The van der Waals surface area contributed by atoms with Gasteiger partial charge in [0.1, 0.15) is 0 Å². The van der Waals surface area contributed by atoms with Crippen LogP contribution in [0.25, 0.3) is 0 Å². The van der Waals surface area contributed by atoms with Gasteiger partial charge >= 0.3 is 0 Å². The van der Waals surface area contributed by atoms with Gasteiger partial charge in [0.25, 0.3) is 0 Å². The summed E-state index contributed by atoms with van der Waals surface area (Å²) in [6.45, 7) is 6.34. The van der Waals surface area contributed by atoms with E-state index in [1.54, 1.807) is 0 Å². The van der Waals surface area contributed by atoms with Crippen LogP contribution >= 0.6 is 0 Å². The standard InChI is InChI=1S/C18H26N2O/c1-3-20(4-2)16-9-7-15(8-10-16)19-18(21)17-12-13-5-6-14(17)11-13/h7-10,13-14,17H,3-6,11-12H2,1-2H3,(H,19,21)/t13-,14+,17-/m1/s1. The van der Waals surface area contributed by atoms with Crippen LogP contribution < -0.4 is 10.2 Å². The molecule has 0 spiro atoms. The molecule has 2 fully saturated rings. The van der Waals surface area contributed by atoms with Crippen LogP contribution in [0.2, 0.25) is 0 Å². The first-order chi connectivity index (χ1) is 10.2. The number of nitrogens with one attached hydrogen (secondary N) is 1. The molecule has 0 aromatic heterocycles. The molecule has 1 aromatic carbocycles. The molecule has 0 unspecified atom stereocenters. The van der Waals surface area contributed by atoms with E-state index < -0.39 is 0 Å². The molecule has 3 heteroatoms. The lowest BCUT2D eigenvalue weighted by Crippen LogP contribution is -2.27. The van der Waals surface area contributed by atoms with Gasteiger partial charge in [0.2, 0.25) is 5.91 Å². The first kappa shape index (κ1) is 14.4. The number of benzene rings is 1. The second kappa shape index (κ2) is 6.08. The lowest BCUT2D eigenvalue weighted by atomic mass is 9.88. The van der Waals surface area contributed by atoms with Crippen LogP contribution in [-0.4, -0.2) is 19.0 Å². The van der Waals surface area contributed by atoms with E-state index in [2.05, 4.69) is 36.2 Å². The summed E-state index contributed by atoms with van der Waals surface area (Å²) in [5.41, 5.74) is 2.15. The molecule has 1 N–H and O–H groups in total. The molecule has 0 heterocycles. The minimum absolute atomic E-state index is 0.234. The van der Waals surface area contributed by atoms with E-state index in [0.717, 1.165) is 31.1 Å². The van der Waals surface area contributed by atoms with Crippen molar-refractivity contribution in [3.63, 3.8) is 0 Å². The van der Waals surface area contributed by atoms with Gasteiger partial charge in [-0.05, 0) is 69.2 Å². The molecule has 1 aromatic rings. The summed E-state index contributed by atoms with van der Waals surface area (Å²) in [5.74, 6) is 1.95. The number of hydrogen-bond acceptors (Lipinski definition) is 2. The number of nitrogens with zero attached hydrogens (tertiary/aromatic N) is 1. The zero-order valence-corrected chi connectivity index (χ0v) is 13.1. The zero-order chi connectivity index (χ0) is 14.8. The Morgan fingerprint density at radius 3 is 2.38 bits per heavy atom. The molecule has 2 bridgehead atoms. The summed E-state index contributed by atoms with van der Waals surface area (Å²) < 4.78 is 0. The van der Waals surface area contributed by atoms with Crippen molar-refractivity contribution in [1.29, 1.82) is 0 Å². The molecule has 3 nitrogen and oxygen atoms in total. The van der Waals surface area contributed by atoms with E-state index in [4.69, 9.17) is 0 Å². The highest BCUT2D eigenvalue weighted by Crippen LogP contribution is 2.48. The second-order valence-corrected chi connectivity index (χ2v) is 6.49. The largest absolute Gasteiger partial charge is 0.372 e. The highest BCUT2D eigenvalue weighted by molar-refractivity contribution is 5.93. The molecular weight excluding hydrogens is 260 g/mol. The number of rotatable bonds is 5. The molecular formula is C18H26N2O. The third-order valence-corrected chi connectivity index (χ3v) is 5.34. The van der Waals surface area contributed by atoms with Crippen molar-refractivity contribution in [2.24, 2.45) is 17.8 Å².